The zero-order valence-electron chi connectivity index (χ0n) is 13.7. The molecule has 1 aliphatic heterocycles. The molecule has 5 nitrogen and oxygen atoms in total. The van der Waals surface area contributed by atoms with Crippen molar-refractivity contribution in [3.05, 3.63) is 69.7 Å². The van der Waals surface area contributed by atoms with Crippen molar-refractivity contribution in [1.29, 1.82) is 5.26 Å². The highest BCUT2D eigenvalue weighted by Crippen LogP contribution is 2.46. The van der Waals surface area contributed by atoms with Gasteiger partial charge in [0.15, 0.2) is 6.61 Å². The molecule has 2 aromatic carbocycles. The van der Waals surface area contributed by atoms with Crippen LogP contribution >= 0.6 is 23.4 Å². The second-order valence-electron chi connectivity index (χ2n) is 5.43. The lowest BCUT2D eigenvalue weighted by atomic mass is 10.2. The normalized spacial score (nSPS) is 14.4. The fourth-order valence-corrected chi connectivity index (χ4v) is 3.71. The highest BCUT2D eigenvalue weighted by Gasteiger charge is 2.28. The lowest BCUT2D eigenvalue weighted by Gasteiger charge is -2.14. The van der Waals surface area contributed by atoms with Crippen LogP contribution in [-0.2, 0) is 9.53 Å². The number of rotatable bonds is 4. The number of esters is 1. The number of nitrogens with zero attached hydrogens (tertiary/aromatic N) is 2. The maximum absolute atomic E-state index is 12.4. The van der Waals surface area contributed by atoms with Crippen molar-refractivity contribution < 1.29 is 14.3 Å². The molecule has 0 N–H and O–H groups in total. The largest absolute Gasteiger partial charge is 0.454 e. The standard InChI is InChI=1S/C19H13ClN2O3S/c1-22-15-4-2-3-5-17(15)26-18(22)14(10-21)16(23)11-25-19(24)12-6-8-13(20)9-7-12/h2-9H,11H2,1H3/b18-14-. The van der Waals surface area contributed by atoms with E-state index in [1.807, 2.05) is 30.3 Å². The zero-order chi connectivity index (χ0) is 18.7. The van der Waals surface area contributed by atoms with Crippen molar-refractivity contribution in [2.45, 2.75) is 4.90 Å². The molecule has 0 fully saturated rings. The van der Waals surface area contributed by atoms with Crippen LogP contribution < -0.4 is 4.90 Å². The number of thioether (sulfide) groups is 1. The average Bonchev–Trinajstić information content (AvgIpc) is 2.98. The van der Waals surface area contributed by atoms with Gasteiger partial charge >= 0.3 is 5.97 Å². The molecule has 0 saturated heterocycles. The Kier molecular flexibility index (Phi) is 5.31. The molecule has 0 bridgehead atoms. The van der Waals surface area contributed by atoms with Gasteiger partial charge in [-0.25, -0.2) is 4.79 Å². The molecule has 0 spiro atoms. The van der Waals surface area contributed by atoms with Crippen molar-refractivity contribution in [2.24, 2.45) is 0 Å². The summed E-state index contributed by atoms with van der Waals surface area (Å²) in [6.45, 7) is -0.501. The molecule has 0 unspecified atom stereocenters. The van der Waals surface area contributed by atoms with Gasteiger partial charge in [0.05, 0.1) is 11.3 Å². The molecule has 0 radical (unpaired) electrons. The molecule has 0 aliphatic carbocycles. The van der Waals surface area contributed by atoms with Gasteiger partial charge in [-0.05, 0) is 36.4 Å². The van der Waals surface area contributed by atoms with Crippen LogP contribution in [0.3, 0.4) is 0 Å². The van der Waals surface area contributed by atoms with Crippen LogP contribution in [0.5, 0.6) is 0 Å². The SMILES string of the molecule is CN1/C(=C(\C#N)C(=O)COC(=O)c2ccc(Cl)cc2)Sc2ccccc21. The Bertz CT molecular complexity index is 948. The van der Waals surface area contributed by atoms with Crippen molar-refractivity contribution in [1.82, 2.24) is 0 Å². The molecule has 7 heteroatoms. The summed E-state index contributed by atoms with van der Waals surface area (Å²) in [6.07, 6.45) is 0. The number of anilines is 1. The third-order valence-electron chi connectivity index (χ3n) is 3.76. The van der Waals surface area contributed by atoms with Gasteiger partial charge in [-0.15, -0.1) is 0 Å². The predicted molar refractivity (Wildman–Crippen MR) is 100 cm³/mol. The summed E-state index contributed by atoms with van der Waals surface area (Å²) >= 11 is 7.12. The van der Waals surface area contributed by atoms with Crippen LogP contribution in [0.4, 0.5) is 5.69 Å². The van der Waals surface area contributed by atoms with Crippen LogP contribution in [0.15, 0.2) is 64.0 Å². The van der Waals surface area contributed by atoms with Crippen LogP contribution in [-0.4, -0.2) is 25.4 Å². The van der Waals surface area contributed by atoms with Crippen molar-refractivity contribution in [3.8, 4) is 6.07 Å². The molecule has 1 heterocycles. The second kappa shape index (κ2) is 7.65. The highest BCUT2D eigenvalue weighted by molar-refractivity contribution is 8.03. The molecule has 2 aromatic rings. The second-order valence-corrected chi connectivity index (χ2v) is 6.89. The van der Waals surface area contributed by atoms with E-state index in [0.29, 0.717) is 10.1 Å². The summed E-state index contributed by atoms with van der Waals surface area (Å²) in [5, 5.41) is 10.5. The minimum Gasteiger partial charge on any atom is -0.454 e. The van der Waals surface area contributed by atoms with Gasteiger partial charge in [0, 0.05) is 17.0 Å². The van der Waals surface area contributed by atoms with Gasteiger partial charge in [0.2, 0.25) is 5.78 Å². The zero-order valence-corrected chi connectivity index (χ0v) is 15.3. The number of fused-ring (bicyclic) bond motifs is 1. The topological polar surface area (TPSA) is 70.4 Å². The Balaban J connectivity index is 1.73. The lowest BCUT2D eigenvalue weighted by Crippen LogP contribution is -2.20. The van der Waals surface area contributed by atoms with Crippen molar-refractivity contribution in [3.63, 3.8) is 0 Å². The predicted octanol–water partition coefficient (Wildman–Crippen LogP) is 4.04. The number of carbonyl (C=O) groups excluding carboxylic acids is 2. The fraction of sp³-hybridized carbons (Fsp3) is 0.105. The number of hydrogen-bond donors (Lipinski definition) is 0. The number of hydrogen-bond acceptors (Lipinski definition) is 6. The summed E-state index contributed by atoms with van der Waals surface area (Å²) in [5.41, 5.74) is 1.18. The van der Waals surface area contributed by atoms with E-state index in [2.05, 4.69) is 0 Å². The monoisotopic (exact) mass is 384 g/mol. The molecule has 0 atom stereocenters. The molecule has 0 saturated carbocycles. The number of Topliss-reactive ketones (excluding diaryl/α,β-unsaturated/α-hetero) is 1. The van der Waals surface area contributed by atoms with E-state index in [4.69, 9.17) is 16.3 Å². The van der Waals surface area contributed by atoms with Crippen LogP contribution in [0.25, 0.3) is 0 Å². The first-order valence-electron chi connectivity index (χ1n) is 7.62. The molecule has 0 amide bonds. The Morgan fingerprint density at radius 3 is 2.54 bits per heavy atom. The summed E-state index contributed by atoms with van der Waals surface area (Å²) in [5.74, 6) is -1.19. The van der Waals surface area contributed by atoms with Gasteiger partial charge < -0.3 is 9.64 Å². The number of carbonyl (C=O) groups is 2. The third kappa shape index (κ3) is 3.59. The van der Waals surface area contributed by atoms with E-state index in [-0.39, 0.29) is 11.1 Å². The molecule has 1 aliphatic rings. The summed E-state index contributed by atoms with van der Waals surface area (Å²) in [7, 11) is 1.79. The van der Waals surface area contributed by atoms with Gasteiger partial charge in [-0.3, -0.25) is 4.79 Å². The van der Waals surface area contributed by atoms with Gasteiger partial charge in [-0.2, -0.15) is 5.26 Å². The first-order valence-corrected chi connectivity index (χ1v) is 8.81. The lowest BCUT2D eigenvalue weighted by molar-refractivity contribution is -0.118. The Morgan fingerprint density at radius 2 is 1.88 bits per heavy atom. The number of ketones is 1. The van der Waals surface area contributed by atoms with E-state index < -0.39 is 18.4 Å². The molecule has 0 aromatic heterocycles. The fourth-order valence-electron chi connectivity index (χ4n) is 2.42. The maximum atomic E-state index is 12.4. The third-order valence-corrected chi connectivity index (χ3v) is 5.25. The van der Waals surface area contributed by atoms with Gasteiger partial charge in [0.1, 0.15) is 16.7 Å². The first-order chi connectivity index (χ1) is 12.5. The van der Waals surface area contributed by atoms with E-state index in [9.17, 15) is 14.9 Å². The molecule has 3 rings (SSSR count). The number of para-hydroxylation sites is 1. The molecule has 26 heavy (non-hydrogen) atoms. The Labute approximate surface area is 159 Å². The van der Waals surface area contributed by atoms with E-state index in [1.165, 1.54) is 23.9 Å². The maximum Gasteiger partial charge on any atom is 0.338 e. The number of nitriles is 1. The molecule has 130 valence electrons. The smallest absolute Gasteiger partial charge is 0.338 e. The van der Waals surface area contributed by atoms with Crippen molar-refractivity contribution >= 4 is 40.8 Å². The minimum absolute atomic E-state index is 0.0300. The summed E-state index contributed by atoms with van der Waals surface area (Å²) in [4.78, 5) is 27.2. The van der Waals surface area contributed by atoms with Gasteiger partial charge in [-0.1, -0.05) is 35.5 Å². The first kappa shape index (κ1) is 18.1. The van der Waals surface area contributed by atoms with Gasteiger partial charge in [0.25, 0.3) is 0 Å². The van der Waals surface area contributed by atoms with E-state index in [0.717, 1.165) is 10.6 Å². The minimum atomic E-state index is -0.645. The highest BCUT2D eigenvalue weighted by atomic mass is 35.5. The number of benzene rings is 2. The van der Waals surface area contributed by atoms with Crippen LogP contribution in [0, 0.1) is 11.3 Å². The average molecular weight is 385 g/mol. The number of ether oxygens (including phenoxy) is 1. The number of halogens is 1. The van der Waals surface area contributed by atoms with Crippen LogP contribution in [0.2, 0.25) is 5.02 Å². The Hall–Kier alpha value is -2.75. The summed E-state index contributed by atoms with van der Waals surface area (Å²) in [6, 6.07) is 15.7. The van der Waals surface area contributed by atoms with Crippen LogP contribution in [0.1, 0.15) is 10.4 Å². The molecular weight excluding hydrogens is 372 g/mol. The van der Waals surface area contributed by atoms with E-state index in [1.54, 1.807) is 24.1 Å². The Morgan fingerprint density at radius 1 is 1.19 bits per heavy atom. The summed E-state index contributed by atoms with van der Waals surface area (Å²) < 4.78 is 5.04. The van der Waals surface area contributed by atoms with Crippen molar-refractivity contribution in [2.75, 3.05) is 18.6 Å². The quantitative estimate of drug-likeness (QED) is 0.450. The van der Waals surface area contributed by atoms with E-state index >= 15 is 0 Å². The molecular formula is C19H13ClN2O3S.